The smallest absolute Gasteiger partial charge is 0.223 e. The molecule has 3 nitrogen and oxygen atoms in total. The Balaban J connectivity index is 2.38. The van der Waals surface area contributed by atoms with Crippen molar-refractivity contribution >= 4 is 12.2 Å². The van der Waals surface area contributed by atoms with Crippen LogP contribution in [0.15, 0.2) is 0 Å². The predicted molar refractivity (Wildman–Crippen MR) is 64.1 cm³/mol. The molecule has 0 aromatic heterocycles. The molecule has 16 heavy (non-hydrogen) atoms. The van der Waals surface area contributed by atoms with Crippen molar-refractivity contribution in [1.82, 2.24) is 4.90 Å². The Morgan fingerprint density at radius 2 is 1.88 bits per heavy atom. The number of rotatable bonds is 5. The number of hydrogen-bond acceptors (Lipinski definition) is 2. The fraction of sp³-hybridized carbons (Fsp3) is 0.846. The first-order valence-electron chi connectivity index (χ1n) is 6.36. The van der Waals surface area contributed by atoms with E-state index in [0.29, 0.717) is 12.3 Å². The van der Waals surface area contributed by atoms with Gasteiger partial charge in [-0.05, 0) is 31.6 Å². The highest BCUT2D eigenvalue weighted by Crippen LogP contribution is 2.17. The van der Waals surface area contributed by atoms with Gasteiger partial charge in [0.05, 0.1) is 0 Å². The summed E-state index contributed by atoms with van der Waals surface area (Å²) in [5.41, 5.74) is 0. The molecular formula is C13H23NO2. The molecule has 1 saturated heterocycles. The van der Waals surface area contributed by atoms with E-state index in [-0.39, 0.29) is 11.8 Å². The largest absolute Gasteiger partial charge is 0.343 e. The summed E-state index contributed by atoms with van der Waals surface area (Å²) in [4.78, 5) is 24.7. The van der Waals surface area contributed by atoms with E-state index in [2.05, 4.69) is 13.8 Å². The standard InChI is InChI=1S/C13H23NO2/c1-11(2)8-12(10-15)9-13(16)14-6-4-3-5-7-14/h10-12H,3-9H2,1-2H3/t12-/m1/s1. The second-order valence-electron chi connectivity index (χ2n) is 5.17. The highest BCUT2D eigenvalue weighted by atomic mass is 16.2. The van der Waals surface area contributed by atoms with Gasteiger partial charge in [-0.1, -0.05) is 13.8 Å². The summed E-state index contributed by atoms with van der Waals surface area (Å²) in [5.74, 6) is 0.552. The summed E-state index contributed by atoms with van der Waals surface area (Å²) < 4.78 is 0. The first kappa shape index (κ1) is 13.2. The number of nitrogens with zero attached hydrogens (tertiary/aromatic N) is 1. The Morgan fingerprint density at radius 1 is 1.25 bits per heavy atom. The number of hydrogen-bond donors (Lipinski definition) is 0. The zero-order valence-electron chi connectivity index (χ0n) is 10.4. The van der Waals surface area contributed by atoms with Crippen molar-refractivity contribution in [3.8, 4) is 0 Å². The van der Waals surface area contributed by atoms with E-state index in [9.17, 15) is 9.59 Å². The van der Waals surface area contributed by atoms with Crippen molar-refractivity contribution in [1.29, 1.82) is 0 Å². The molecule has 3 heteroatoms. The molecule has 0 aliphatic carbocycles. The molecule has 0 bridgehead atoms. The number of piperidine rings is 1. The lowest BCUT2D eigenvalue weighted by Gasteiger charge is -2.27. The SMILES string of the molecule is CC(C)C[C@@H](C=O)CC(=O)N1CCCCC1. The minimum absolute atomic E-state index is 0.0885. The van der Waals surface area contributed by atoms with Gasteiger partial charge in [0.25, 0.3) is 0 Å². The molecule has 1 aliphatic heterocycles. The van der Waals surface area contributed by atoms with Crippen molar-refractivity contribution in [2.75, 3.05) is 13.1 Å². The van der Waals surface area contributed by atoms with Gasteiger partial charge in [-0.25, -0.2) is 0 Å². The number of likely N-dealkylation sites (tertiary alicyclic amines) is 1. The second kappa shape index (κ2) is 6.66. The van der Waals surface area contributed by atoms with Crippen LogP contribution >= 0.6 is 0 Å². The molecule has 0 radical (unpaired) electrons. The Labute approximate surface area is 98.2 Å². The molecule has 0 spiro atoms. The molecule has 1 heterocycles. The molecule has 0 aromatic carbocycles. The van der Waals surface area contributed by atoms with Gasteiger partial charge in [-0.15, -0.1) is 0 Å². The van der Waals surface area contributed by atoms with E-state index >= 15 is 0 Å². The van der Waals surface area contributed by atoms with Crippen molar-refractivity contribution in [2.24, 2.45) is 11.8 Å². The topological polar surface area (TPSA) is 37.4 Å². The molecule has 0 saturated carbocycles. The van der Waals surface area contributed by atoms with Crippen LogP contribution in [-0.4, -0.2) is 30.2 Å². The third-order valence-corrected chi connectivity index (χ3v) is 3.11. The van der Waals surface area contributed by atoms with E-state index in [1.165, 1.54) is 6.42 Å². The van der Waals surface area contributed by atoms with Crippen LogP contribution in [0.5, 0.6) is 0 Å². The zero-order valence-corrected chi connectivity index (χ0v) is 10.4. The molecule has 0 N–H and O–H groups in total. The minimum Gasteiger partial charge on any atom is -0.343 e. The highest BCUT2D eigenvalue weighted by molar-refractivity contribution is 5.79. The van der Waals surface area contributed by atoms with Crippen LogP contribution < -0.4 is 0 Å². The highest BCUT2D eigenvalue weighted by Gasteiger charge is 2.20. The minimum atomic E-state index is -0.0885. The fourth-order valence-corrected chi connectivity index (χ4v) is 2.29. The molecule has 1 rings (SSSR count). The monoisotopic (exact) mass is 225 g/mol. The van der Waals surface area contributed by atoms with Crippen LogP contribution in [0.2, 0.25) is 0 Å². The summed E-state index contributed by atoms with van der Waals surface area (Å²) in [6.07, 6.45) is 5.63. The van der Waals surface area contributed by atoms with Crippen LogP contribution in [0.1, 0.15) is 46.0 Å². The number of amides is 1. The quantitative estimate of drug-likeness (QED) is 0.673. The molecule has 92 valence electrons. The van der Waals surface area contributed by atoms with Gasteiger partial charge < -0.3 is 9.69 Å². The van der Waals surface area contributed by atoms with Gasteiger partial charge in [0.2, 0.25) is 5.91 Å². The van der Waals surface area contributed by atoms with Crippen LogP contribution in [0, 0.1) is 11.8 Å². The summed E-state index contributed by atoms with van der Waals surface area (Å²) in [6, 6.07) is 0. The maximum atomic E-state index is 11.9. The number of aldehydes is 1. The van der Waals surface area contributed by atoms with Crippen LogP contribution in [0.25, 0.3) is 0 Å². The van der Waals surface area contributed by atoms with E-state index in [1.807, 2.05) is 4.90 Å². The molecule has 1 aliphatic rings. The van der Waals surface area contributed by atoms with Gasteiger partial charge in [0.15, 0.2) is 0 Å². The van der Waals surface area contributed by atoms with Crippen molar-refractivity contribution in [3.63, 3.8) is 0 Å². The lowest BCUT2D eigenvalue weighted by Crippen LogP contribution is -2.36. The molecule has 1 atom stereocenters. The average molecular weight is 225 g/mol. The maximum absolute atomic E-state index is 11.9. The second-order valence-corrected chi connectivity index (χ2v) is 5.17. The summed E-state index contributed by atoms with van der Waals surface area (Å²) in [7, 11) is 0. The molecule has 0 aromatic rings. The van der Waals surface area contributed by atoms with Gasteiger partial charge in [0, 0.05) is 25.4 Å². The average Bonchev–Trinajstić information content (AvgIpc) is 2.28. The van der Waals surface area contributed by atoms with Gasteiger partial charge in [0.1, 0.15) is 6.29 Å². The van der Waals surface area contributed by atoms with E-state index in [0.717, 1.165) is 38.6 Å². The van der Waals surface area contributed by atoms with Gasteiger partial charge >= 0.3 is 0 Å². The third-order valence-electron chi connectivity index (χ3n) is 3.11. The van der Waals surface area contributed by atoms with E-state index in [4.69, 9.17) is 0 Å². The van der Waals surface area contributed by atoms with Crippen LogP contribution in [0.4, 0.5) is 0 Å². The van der Waals surface area contributed by atoms with Crippen LogP contribution in [-0.2, 0) is 9.59 Å². The van der Waals surface area contributed by atoms with Crippen LogP contribution in [0.3, 0.4) is 0 Å². The lowest BCUT2D eigenvalue weighted by molar-refractivity contribution is -0.134. The molecule has 1 amide bonds. The van der Waals surface area contributed by atoms with Crippen molar-refractivity contribution < 1.29 is 9.59 Å². The third kappa shape index (κ3) is 4.33. The molecule has 0 unspecified atom stereocenters. The number of carbonyl (C=O) groups is 2. The summed E-state index contributed by atoms with van der Waals surface area (Å²) in [6.45, 7) is 5.93. The van der Waals surface area contributed by atoms with Gasteiger partial charge in [-0.3, -0.25) is 4.79 Å². The Morgan fingerprint density at radius 3 is 2.38 bits per heavy atom. The van der Waals surface area contributed by atoms with Gasteiger partial charge in [-0.2, -0.15) is 0 Å². The first-order chi connectivity index (χ1) is 7.63. The molecule has 1 fully saturated rings. The molecular weight excluding hydrogens is 202 g/mol. The predicted octanol–water partition coefficient (Wildman–Crippen LogP) is 2.25. The summed E-state index contributed by atoms with van der Waals surface area (Å²) >= 11 is 0. The Hall–Kier alpha value is -0.860. The normalized spacial score (nSPS) is 18.6. The fourth-order valence-electron chi connectivity index (χ4n) is 2.29. The van der Waals surface area contributed by atoms with Crippen molar-refractivity contribution in [3.05, 3.63) is 0 Å². The van der Waals surface area contributed by atoms with Crippen molar-refractivity contribution in [2.45, 2.75) is 46.0 Å². The zero-order chi connectivity index (χ0) is 12.0. The Bertz CT molecular complexity index is 232. The summed E-state index contributed by atoms with van der Waals surface area (Å²) in [5, 5.41) is 0. The van der Waals surface area contributed by atoms with E-state index in [1.54, 1.807) is 0 Å². The first-order valence-corrected chi connectivity index (χ1v) is 6.36. The maximum Gasteiger partial charge on any atom is 0.223 e. The Kier molecular flexibility index (Phi) is 5.50. The lowest BCUT2D eigenvalue weighted by atomic mass is 9.94. The number of carbonyl (C=O) groups excluding carboxylic acids is 2. The van der Waals surface area contributed by atoms with E-state index < -0.39 is 0 Å².